The maximum Gasteiger partial charge on any atom is 0.310 e. The van der Waals surface area contributed by atoms with Gasteiger partial charge in [-0.15, -0.1) is 0 Å². The molecule has 0 aliphatic carbocycles. The Morgan fingerprint density at radius 2 is 2.26 bits per heavy atom. The van der Waals surface area contributed by atoms with Gasteiger partial charge in [0, 0.05) is 18.2 Å². The number of rotatable bonds is 4. The summed E-state index contributed by atoms with van der Waals surface area (Å²) < 4.78 is 18.3. The molecule has 0 saturated carbocycles. The number of hydrogen-bond donors (Lipinski definition) is 2. The zero-order chi connectivity index (χ0) is 14.0. The SMILES string of the molecule is CN(Cc1cc(F)ccc1O)C1COCC1C(=O)O. The molecule has 5 nitrogen and oxygen atoms in total. The Kier molecular flexibility index (Phi) is 4.01. The third-order valence-corrected chi connectivity index (χ3v) is 3.40. The summed E-state index contributed by atoms with van der Waals surface area (Å²) in [6.45, 7) is 0.768. The highest BCUT2D eigenvalue weighted by Gasteiger charge is 2.36. The number of phenolic OH excluding ortho intramolecular Hbond substituents is 1. The fraction of sp³-hybridized carbons (Fsp3) is 0.462. The third-order valence-electron chi connectivity index (χ3n) is 3.40. The van der Waals surface area contributed by atoms with Gasteiger partial charge < -0.3 is 14.9 Å². The molecule has 1 aliphatic heterocycles. The van der Waals surface area contributed by atoms with E-state index in [4.69, 9.17) is 9.84 Å². The summed E-state index contributed by atoms with van der Waals surface area (Å²) >= 11 is 0. The first-order valence-corrected chi connectivity index (χ1v) is 5.97. The van der Waals surface area contributed by atoms with Gasteiger partial charge in [0.25, 0.3) is 0 Å². The molecule has 0 amide bonds. The Balaban J connectivity index is 2.10. The first-order valence-electron chi connectivity index (χ1n) is 5.97. The second-order valence-corrected chi connectivity index (χ2v) is 4.74. The Labute approximate surface area is 110 Å². The van der Waals surface area contributed by atoms with Crippen molar-refractivity contribution in [2.45, 2.75) is 12.6 Å². The summed E-state index contributed by atoms with van der Waals surface area (Å²) in [4.78, 5) is 12.8. The van der Waals surface area contributed by atoms with E-state index in [2.05, 4.69) is 0 Å². The van der Waals surface area contributed by atoms with Crippen LogP contribution in [0.4, 0.5) is 4.39 Å². The topological polar surface area (TPSA) is 70.0 Å². The minimum absolute atomic E-state index is 0.000889. The van der Waals surface area contributed by atoms with Crippen molar-refractivity contribution in [3.05, 3.63) is 29.6 Å². The lowest BCUT2D eigenvalue weighted by molar-refractivity contribution is -0.143. The maximum absolute atomic E-state index is 13.1. The molecule has 2 atom stereocenters. The van der Waals surface area contributed by atoms with Crippen LogP contribution < -0.4 is 0 Å². The number of aliphatic carboxylic acids is 1. The number of carbonyl (C=O) groups is 1. The van der Waals surface area contributed by atoms with Gasteiger partial charge in [0.05, 0.1) is 19.1 Å². The molecule has 0 aromatic heterocycles. The Bertz CT molecular complexity index is 480. The number of hydrogen-bond acceptors (Lipinski definition) is 4. The van der Waals surface area contributed by atoms with E-state index in [0.717, 1.165) is 0 Å². The number of aromatic hydroxyl groups is 1. The predicted octanol–water partition coefficient (Wildman–Crippen LogP) is 1.06. The number of carboxylic acids is 1. The lowest BCUT2D eigenvalue weighted by Gasteiger charge is -2.26. The minimum Gasteiger partial charge on any atom is -0.508 e. The van der Waals surface area contributed by atoms with E-state index in [-0.39, 0.29) is 24.9 Å². The summed E-state index contributed by atoms with van der Waals surface area (Å²) in [7, 11) is 1.74. The van der Waals surface area contributed by atoms with Gasteiger partial charge in [-0.25, -0.2) is 4.39 Å². The summed E-state index contributed by atoms with van der Waals surface area (Å²) in [5.41, 5.74) is 0.429. The van der Waals surface area contributed by atoms with E-state index < -0.39 is 17.7 Å². The van der Waals surface area contributed by atoms with E-state index in [0.29, 0.717) is 12.2 Å². The number of phenols is 1. The van der Waals surface area contributed by atoms with Crippen molar-refractivity contribution in [1.29, 1.82) is 0 Å². The van der Waals surface area contributed by atoms with Crippen molar-refractivity contribution < 1.29 is 24.1 Å². The van der Waals surface area contributed by atoms with Crippen LogP contribution in [0, 0.1) is 11.7 Å². The predicted molar refractivity (Wildman–Crippen MR) is 65.3 cm³/mol. The molecule has 1 aromatic carbocycles. The third kappa shape index (κ3) is 3.02. The average molecular weight is 269 g/mol. The van der Waals surface area contributed by atoms with Crippen LogP contribution in [0.15, 0.2) is 18.2 Å². The molecule has 2 unspecified atom stereocenters. The highest BCUT2D eigenvalue weighted by Crippen LogP contribution is 2.24. The van der Waals surface area contributed by atoms with Crippen LogP contribution in [0.3, 0.4) is 0 Å². The van der Waals surface area contributed by atoms with Crippen LogP contribution in [-0.4, -0.2) is 47.4 Å². The molecular weight excluding hydrogens is 253 g/mol. The Morgan fingerprint density at radius 1 is 1.53 bits per heavy atom. The molecule has 0 spiro atoms. The molecular formula is C13H16FNO4. The second-order valence-electron chi connectivity index (χ2n) is 4.74. The Hall–Kier alpha value is -1.66. The van der Waals surface area contributed by atoms with Crippen LogP contribution in [0.1, 0.15) is 5.56 Å². The molecule has 0 bridgehead atoms. The molecule has 0 radical (unpaired) electrons. The first-order chi connectivity index (χ1) is 8.99. The summed E-state index contributed by atoms with van der Waals surface area (Å²) in [5, 5.41) is 18.7. The monoisotopic (exact) mass is 269 g/mol. The van der Waals surface area contributed by atoms with Gasteiger partial charge in [0.2, 0.25) is 0 Å². The second kappa shape index (κ2) is 5.54. The van der Waals surface area contributed by atoms with Crippen LogP contribution in [-0.2, 0) is 16.1 Å². The van der Waals surface area contributed by atoms with Gasteiger partial charge >= 0.3 is 5.97 Å². The lowest BCUT2D eigenvalue weighted by Crippen LogP contribution is -2.40. The average Bonchev–Trinajstić information content (AvgIpc) is 2.83. The van der Waals surface area contributed by atoms with Crippen LogP contribution in [0.2, 0.25) is 0 Å². The van der Waals surface area contributed by atoms with Crippen molar-refractivity contribution in [3.8, 4) is 5.75 Å². The quantitative estimate of drug-likeness (QED) is 0.855. The van der Waals surface area contributed by atoms with Crippen LogP contribution in [0.25, 0.3) is 0 Å². The van der Waals surface area contributed by atoms with Gasteiger partial charge in [0.15, 0.2) is 0 Å². The highest BCUT2D eigenvalue weighted by molar-refractivity contribution is 5.71. The zero-order valence-electron chi connectivity index (χ0n) is 10.5. The Morgan fingerprint density at radius 3 is 2.95 bits per heavy atom. The number of ether oxygens (including phenoxy) is 1. The largest absolute Gasteiger partial charge is 0.508 e. The number of carboxylic acid groups (broad SMARTS) is 1. The van der Waals surface area contributed by atoms with E-state index in [1.807, 2.05) is 0 Å². The maximum atomic E-state index is 13.1. The molecule has 6 heteroatoms. The first kappa shape index (κ1) is 13.8. The van der Waals surface area contributed by atoms with Gasteiger partial charge in [-0.05, 0) is 25.2 Å². The molecule has 2 rings (SSSR count). The molecule has 1 aromatic rings. The van der Waals surface area contributed by atoms with E-state index in [9.17, 15) is 14.3 Å². The number of likely N-dealkylation sites (N-methyl/N-ethyl adjacent to an activating group) is 1. The summed E-state index contributed by atoms with van der Waals surface area (Å²) in [6.07, 6.45) is 0. The molecule has 104 valence electrons. The van der Waals surface area contributed by atoms with Crippen molar-refractivity contribution in [3.63, 3.8) is 0 Å². The smallest absolute Gasteiger partial charge is 0.310 e. The minimum atomic E-state index is -0.905. The van der Waals surface area contributed by atoms with E-state index >= 15 is 0 Å². The summed E-state index contributed by atoms with van der Waals surface area (Å²) in [5.74, 6) is -1.93. The number of benzene rings is 1. The standard InChI is InChI=1S/C13H16FNO4/c1-15(11-7-19-6-10(11)13(17)18)5-8-4-9(14)2-3-12(8)16/h2-4,10-11,16H,5-7H2,1H3,(H,17,18). The van der Waals surface area contributed by atoms with E-state index in [1.54, 1.807) is 11.9 Å². The summed E-state index contributed by atoms with van der Waals surface area (Å²) in [6, 6.07) is 3.44. The van der Waals surface area contributed by atoms with Crippen LogP contribution >= 0.6 is 0 Å². The molecule has 1 saturated heterocycles. The molecule has 19 heavy (non-hydrogen) atoms. The van der Waals surface area contributed by atoms with Crippen molar-refractivity contribution in [1.82, 2.24) is 4.90 Å². The number of halogens is 1. The van der Waals surface area contributed by atoms with Crippen LogP contribution in [0.5, 0.6) is 5.75 Å². The molecule has 1 heterocycles. The van der Waals surface area contributed by atoms with Gasteiger partial charge in [-0.3, -0.25) is 9.69 Å². The highest BCUT2D eigenvalue weighted by atomic mass is 19.1. The lowest BCUT2D eigenvalue weighted by atomic mass is 10.0. The fourth-order valence-corrected chi connectivity index (χ4v) is 2.28. The zero-order valence-corrected chi connectivity index (χ0v) is 10.5. The number of nitrogens with zero attached hydrogens (tertiary/aromatic N) is 1. The fourth-order valence-electron chi connectivity index (χ4n) is 2.28. The van der Waals surface area contributed by atoms with Gasteiger partial charge in [0.1, 0.15) is 11.6 Å². The van der Waals surface area contributed by atoms with E-state index in [1.165, 1.54) is 18.2 Å². The molecule has 1 fully saturated rings. The molecule has 1 aliphatic rings. The van der Waals surface area contributed by atoms with Crippen molar-refractivity contribution in [2.24, 2.45) is 5.92 Å². The van der Waals surface area contributed by atoms with Gasteiger partial charge in [-0.1, -0.05) is 0 Å². The molecule has 2 N–H and O–H groups in total. The van der Waals surface area contributed by atoms with Crippen molar-refractivity contribution in [2.75, 3.05) is 20.3 Å². The normalized spacial score (nSPS) is 22.9. The van der Waals surface area contributed by atoms with Crippen molar-refractivity contribution >= 4 is 5.97 Å². The van der Waals surface area contributed by atoms with Gasteiger partial charge in [-0.2, -0.15) is 0 Å².